The minimum atomic E-state index is -0.548. The van der Waals surface area contributed by atoms with Crippen LogP contribution in [0, 0.1) is 0 Å². The standard InChI is InChI=1S/C15H24N6O4/c1-3-4-7-21-12(16)11(13(23)18-15(21)25)19(2)6-5-8-20-10(22)9-17-14(20)24/h3-9,16H2,1-2H3,(H,17,24)(H,18,23,25). The molecule has 1 aliphatic rings. The van der Waals surface area contributed by atoms with Gasteiger partial charge in [-0.1, -0.05) is 13.3 Å². The maximum Gasteiger partial charge on any atom is 0.330 e. The number of nitrogens with one attached hydrogen (secondary N) is 2. The number of hydrogen-bond acceptors (Lipinski definition) is 6. The Bertz CT molecular complexity index is 752. The molecule has 1 saturated heterocycles. The van der Waals surface area contributed by atoms with Crippen LogP contribution in [-0.4, -0.2) is 53.1 Å². The van der Waals surface area contributed by atoms with Gasteiger partial charge in [0.05, 0.1) is 6.54 Å². The maximum absolute atomic E-state index is 12.1. The van der Waals surface area contributed by atoms with Crippen LogP contribution in [-0.2, 0) is 11.3 Å². The van der Waals surface area contributed by atoms with Crippen LogP contribution in [0.2, 0.25) is 0 Å². The summed E-state index contributed by atoms with van der Waals surface area (Å²) in [6.07, 6.45) is 2.14. The first-order valence-corrected chi connectivity index (χ1v) is 8.28. The molecule has 1 aromatic heterocycles. The van der Waals surface area contributed by atoms with Gasteiger partial charge in [0.15, 0.2) is 0 Å². The highest BCUT2D eigenvalue weighted by Gasteiger charge is 2.27. The minimum Gasteiger partial charge on any atom is -0.383 e. The quantitative estimate of drug-likeness (QED) is 0.530. The summed E-state index contributed by atoms with van der Waals surface area (Å²) in [5.74, 6) is -0.141. The first-order chi connectivity index (χ1) is 11.9. The van der Waals surface area contributed by atoms with Crippen molar-refractivity contribution in [2.75, 3.05) is 37.3 Å². The number of nitrogens with two attached hydrogens (primary N) is 1. The fraction of sp³-hybridized carbons (Fsp3) is 0.600. The molecule has 1 fully saturated rings. The van der Waals surface area contributed by atoms with E-state index in [-0.39, 0.29) is 30.5 Å². The van der Waals surface area contributed by atoms with Gasteiger partial charge in [-0.05, 0) is 12.8 Å². The highest BCUT2D eigenvalue weighted by molar-refractivity contribution is 6.01. The Morgan fingerprint density at radius 3 is 2.48 bits per heavy atom. The first-order valence-electron chi connectivity index (χ1n) is 8.28. The monoisotopic (exact) mass is 352 g/mol. The Labute approximate surface area is 144 Å². The van der Waals surface area contributed by atoms with Gasteiger partial charge in [0.25, 0.3) is 5.56 Å². The lowest BCUT2D eigenvalue weighted by molar-refractivity contribution is -0.125. The molecule has 3 amide bonds. The molecule has 10 heteroatoms. The number of imide groups is 1. The van der Waals surface area contributed by atoms with Gasteiger partial charge < -0.3 is 16.0 Å². The molecule has 10 nitrogen and oxygen atoms in total. The van der Waals surface area contributed by atoms with E-state index in [1.807, 2.05) is 6.92 Å². The number of aromatic nitrogens is 2. The summed E-state index contributed by atoms with van der Waals surface area (Å²) in [6.45, 7) is 3.10. The molecule has 0 aromatic carbocycles. The SMILES string of the molecule is CCCCn1c(N)c(N(C)CCCN2C(=O)CNC2=O)c(=O)[nH]c1=O. The second-order valence-corrected chi connectivity index (χ2v) is 5.98. The second-order valence-electron chi connectivity index (χ2n) is 5.98. The molecule has 1 aromatic rings. The molecule has 0 bridgehead atoms. The zero-order valence-electron chi connectivity index (χ0n) is 14.5. The van der Waals surface area contributed by atoms with Crippen LogP contribution in [0.15, 0.2) is 9.59 Å². The molecule has 0 spiro atoms. The maximum atomic E-state index is 12.1. The number of carbonyl (C=O) groups is 2. The Hall–Kier alpha value is -2.78. The molecule has 0 saturated carbocycles. The number of anilines is 2. The van der Waals surface area contributed by atoms with Crippen LogP contribution in [0.3, 0.4) is 0 Å². The van der Waals surface area contributed by atoms with Crippen LogP contribution in [0.4, 0.5) is 16.3 Å². The zero-order chi connectivity index (χ0) is 18.6. The van der Waals surface area contributed by atoms with Crippen LogP contribution in [0.25, 0.3) is 0 Å². The highest BCUT2D eigenvalue weighted by Crippen LogP contribution is 2.16. The van der Waals surface area contributed by atoms with Crippen molar-refractivity contribution in [1.82, 2.24) is 19.8 Å². The van der Waals surface area contributed by atoms with E-state index in [0.717, 1.165) is 17.7 Å². The molecule has 0 aliphatic carbocycles. The molecule has 4 N–H and O–H groups in total. The average molecular weight is 352 g/mol. The lowest BCUT2D eigenvalue weighted by Gasteiger charge is -2.22. The largest absolute Gasteiger partial charge is 0.383 e. The molecule has 2 rings (SSSR count). The molecule has 0 atom stereocenters. The van der Waals surface area contributed by atoms with Gasteiger partial charge in [-0.2, -0.15) is 0 Å². The van der Waals surface area contributed by atoms with E-state index in [1.165, 1.54) is 4.57 Å². The lowest BCUT2D eigenvalue weighted by Crippen LogP contribution is -2.38. The van der Waals surface area contributed by atoms with Crippen LogP contribution < -0.4 is 27.2 Å². The summed E-state index contributed by atoms with van der Waals surface area (Å²) >= 11 is 0. The number of hydrogen-bond donors (Lipinski definition) is 3. The number of aromatic amines is 1. The fourth-order valence-electron chi connectivity index (χ4n) is 2.74. The number of urea groups is 1. The van der Waals surface area contributed by atoms with Crippen molar-refractivity contribution in [2.45, 2.75) is 32.7 Å². The van der Waals surface area contributed by atoms with E-state index in [4.69, 9.17) is 5.73 Å². The van der Waals surface area contributed by atoms with E-state index < -0.39 is 17.3 Å². The molecule has 25 heavy (non-hydrogen) atoms. The van der Waals surface area contributed by atoms with Crippen molar-refractivity contribution >= 4 is 23.4 Å². The number of unbranched alkanes of at least 4 members (excludes halogenated alkanes) is 1. The normalized spacial score (nSPS) is 14.1. The van der Waals surface area contributed by atoms with Gasteiger partial charge in [0, 0.05) is 26.7 Å². The zero-order valence-corrected chi connectivity index (χ0v) is 14.5. The Morgan fingerprint density at radius 2 is 1.88 bits per heavy atom. The van der Waals surface area contributed by atoms with E-state index in [0.29, 0.717) is 19.5 Å². The molecule has 2 heterocycles. The van der Waals surface area contributed by atoms with Gasteiger partial charge in [-0.15, -0.1) is 0 Å². The van der Waals surface area contributed by atoms with Gasteiger partial charge in [0.2, 0.25) is 5.91 Å². The average Bonchev–Trinajstić information content (AvgIpc) is 2.86. The van der Waals surface area contributed by atoms with Crippen LogP contribution in [0.1, 0.15) is 26.2 Å². The van der Waals surface area contributed by atoms with E-state index >= 15 is 0 Å². The summed E-state index contributed by atoms with van der Waals surface area (Å²) in [4.78, 5) is 52.1. The van der Waals surface area contributed by atoms with Crippen LogP contribution >= 0.6 is 0 Å². The van der Waals surface area contributed by atoms with E-state index in [9.17, 15) is 19.2 Å². The van der Waals surface area contributed by atoms with E-state index in [1.54, 1.807) is 11.9 Å². The minimum absolute atomic E-state index is 0.0175. The lowest BCUT2D eigenvalue weighted by atomic mass is 10.3. The number of carbonyl (C=O) groups excluding carboxylic acids is 2. The van der Waals surface area contributed by atoms with Gasteiger partial charge >= 0.3 is 11.7 Å². The van der Waals surface area contributed by atoms with Crippen molar-refractivity contribution in [2.24, 2.45) is 0 Å². The Morgan fingerprint density at radius 1 is 1.16 bits per heavy atom. The number of nitrogen functional groups attached to an aromatic ring is 1. The summed E-state index contributed by atoms with van der Waals surface area (Å²) in [5, 5.41) is 2.45. The van der Waals surface area contributed by atoms with Gasteiger partial charge in [-0.25, -0.2) is 9.59 Å². The molecule has 138 valence electrons. The smallest absolute Gasteiger partial charge is 0.330 e. The third kappa shape index (κ3) is 4.01. The summed E-state index contributed by atoms with van der Waals surface area (Å²) in [5.41, 5.74) is 5.18. The highest BCUT2D eigenvalue weighted by atomic mass is 16.2. The second kappa shape index (κ2) is 7.86. The van der Waals surface area contributed by atoms with Crippen molar-refractivity contribution < 1.29 is 9.59 Å². The van der Waals surface area contributed by atoms with Crippen molar-refractivity contribution in [1.29, 1.82) is 0 Å². The molecule has 0 unspecified atom stereocenters. The molecule has 0 radical (unpaired) electrons. The Balaban J connectivity index is 2.09. The first kappa shape index (κ1) is 18.6. The topological polar surface area (TPSA) is 134 Å². The number of nitrogens with zero attached hydrogens (tertiary/aromatic N) is 3. The number of rotatable bonds is 8. The number of H-pyrrole nitrogens is 1. The summed E-state index contributed by atoms with van der Waals surface area (Å²) in [7, 11) is 1.68. The van der Waals surface area contributed by atoms with Crippen molar-refractivity contribution in [3.63, 3.8) is 0 Å². The third-order valence-corrected chi connectivity index (χ3v) is 4.14. The van der Waals surface area contributed by atoms with Crippen LogP contribution in [0.5, 0.6) is 0 Å². The summed E-state index contributed by atoms with van der Waals surface area (Å²) < 4.78 is 1.36. The number of amides is 3. The summed E-state index contributed by atoms with van der Waals surface area (Å²) in [6, 6.07) is -0.405. The van der Waals surface area contributed by atoms with Gasteiger partial charge in [0.1, 0.15) is 11.5 Å². The molecular weight excluding hydrogens is 328 g/mol. The fourth-order valence-corrected chi connectivity index (χ4v) is 2.74. The predicted molar refractivity (Wildman–Crippen MR) is 93.6 cm³/mol. The van der Waals surface area contributed by atoms with Crippen molar-refractivity contribution in [3.8, 4) is 0 Å². The Kier molecular flexibility index (Phi) is 5.84. The van der Waals surface area contributed by atoms with Gasteiger partial charge in [-0.3, -0.25) is 24.0 Å². The molecular formula is C15H24N6O4. The van der Waals surface area contributed by atoms with E-state index in [2.05, 4.69) is 10.3 Å². The predicted octanol–water partition coefficient (Wildman–Crippen LogP) is -0.703. The third-order valence-electron chi connectivity index (χ3n) is 4.14. The van der Waals surface area contributed by atoms with Crippen molar-refractivity contribution in [3.05, 3.63) is 20.8 Å². The molecule has 1 aliphatic heterocycles.